The van der Waals surface area contributed by atoms with Crippen LogP contribution in [0, 0.1) is 0 Å². The lowest BCUT2D eigenvalue weighted by molar-refractivity contribution is 0.234. The van der Waals surface area contributed by atoms with E-state index < -0.39 is 0 Å². The second-order valence-electron chi connectivity index (χ2n) is 4.84. The van der Waals surface area contributed by atoms with Gasteiger partial charge in [-0.25, -0.2) is 0 Å². The summed E-state index contributed by atoms with van der Waals surface area (Å²) in [6.07, 6.45) is 1.77. The normalized spacial score (nSPS) is 15.7. The summed E-state index contributed by atoms with van der Waals surface area (Å²) in [6.45, 7) is 1.53. The van der Waals surface area contributed by atoms with Crippen LogP contribution in [0.4, 0.5) is 0 Å². The molecule has 2 aromatic rings. The third kappa shape index (κ3) is 1.71. The number of ether oxygens (including phenoxy) is 2. The molecule has 3 heterocycles. The first kappa shape index (κ1) is 11.3. The number of amidine groups is 1. The Hall–Kier alpha value is -2.56. The lowest BCUT2D eigenvalue weighted by atomic mass is 10.1. The molecule has 0 bridgehead atoms. The first-order valence-corrected chi connectivity index (χ1v) is 6.47. The number of hydrogen-bond donors (Lipinski definition) is 1. The molecule has 0 fully saturated rings. The van der Waals surface area contributed by atoms with Crippen molar-refractivity contribution in [3.8, 4) is 11.5 Å². The van der Waals surface area contributed by atoms with Crippen LogP contribution in [0.2, 0.25) is 0 Å². The molecule has 0 saturated heterocycles. The Kier molecular flexibility index (Phi) is 2.39. The van der Waals surface area contributed by atoms with E-state index in [1.165, 1.54) is 0 Å². The minimum Gasteiger partial charge on any atom is -0.485 e. The van der Waals surface area contributed by atoms with E-state index in [2.05, 4.69) is 9.98 Å². The highest BCUT2D eigenvalue weighted by atomic mass is 16.5. The van der Waals surface area contributed by atoms with E-state index in [1.54, 1.807) is 6.20 Å². The molecule has 5 heteroatoms. The molecule has 0 aliphatic carbocycles. The summed E-state index contributed by atoms with van der Waals surface area (Å²) in [5.41, 5.74) is 9.84. The summed E-state index contributed by atoms with van der Waals surface area (Å²) in [7, 11) is 0. The minimum atomic E-state index is 0.446. The van der Waals surface area contributed by atoms with Gasteiger partial charge in [0.1, 0.15) is 19.0 Å². The van der Waals surface area contributed by atoms with Crippen LogP contribution in [-0.4, -0.2) is 10.8 Å². The molecule has 2 N–H and O–H groups in total. The van der Waals surface area contributed by atoms with Crippen molar-refractivity contribution >= 4 is 5.84 Å². The third-order valence-electron chi connectivity index (χ3n) is 3.60. The van der Waals surface area contributed by atoms with Crippen LogP contribution in [0.1, 0.15) is 22.4 Å². The van der Waals surface area contributed by atoms with Gasteiger partial charge < -0.3 is 15.2 Å². The van der Waals surface area contributed by atoms with E-state index in [1.807, 2.05) is 24.3 Å². The standard InChI is InChI=1S/C15H13N3O2/c16-15-11-5-14-13(4-10(11)6-18-15)20-8-12-9(7-19-14)2-1-3-17-12/h1-5H,6-8H2,(H2,16,18). The van der Waals surface area contributed by atoms with Gasteiger partial charge in [0, 0.05) is 17.3 Å². The van der Waals surface area contributed by atoms with Crippen molar-refractivity contribution < 1.29 is 9.47 Å². The van der Waals surface area contributed by atoms with E-state index in [9.17, 15) is 0 Å². The molecule has 0 amide bonds. The predicted octanol–water partition coefficient (Wildman–Crippen LogP) is 1.77. The van der Waals surface area contributed by atoms with Crippen LogP contribution in [-0.2, 0) is 19.8 Å². The van der Waals surface area contributed by atoms with Crippen molar-refractivity contribution in [1.29, 1.82) is 0 Å². The topological polar surface area (TPSA) is 69.7 Å². The van der Waals surface area contributed by atoms with Gasteiger partial charge in [0.15, 0.2) is 11.5 Å². The average molecular weight is 267 g/mol. The minimum absolute atomic E-state index is 0.446. The molecule has 100 valence electrons. The molecule has 2 aliphatic rings. The number of nitrogens with two attached hydrogens (primary N) is 1. The van der Waals surface area contributed by atoms with Crippen LogP contribution in [0.15, 0.2) is 35.5 Å². The molecule has 2 aliphatic heterocycles. The number of nitrogens with zero attached hydrogens (tertiary/aromatic N) is 2. The Bertz CT molecular complexity index is 725. The van der Waals surface area contributed by atoms with E-state index in [-0.39, 0.29) is 0 Å². The lowest BCUT2D eigenvalue weighted by Crippen LogP contribution is -2.13. The van der Waals surface area contributed by atoms with E-state index in [0.29, 0.717) is 31.3 Å². The summed E-state index contributed by atoms with van der Waals surface area (Å²) in [4.78, 5) is 8.56. The summed E-state index contributed by atoms with van der Waals surface area (Å²) in [6, 6.07) is 7.78. The molecule has 0 unspecified atom stereocenters. The van der Waals surface area contributed by atoms with Crippen molar-refractivity contribution in [2.45, 2.75) is 19.8 Å². The highest BCUT2D eigenvalue weighted by molar-refractivity contribution is 6.01. The fraction of sp³-hybridized carbons (Fsp3) is 0.200. The molecular formula is C15H13N3O2. The molecule has 1 aromatic heterocycles. The van der Waals surface area contributed by atoms with Crippen molar-refractivity contribution in [2.24, 2.45) is 10.7 Å². The second kappa shape index (κ2) is 4.23. The Morgan fingerprint density at radius 3 is 2.85 bits per heavy atom. The molecule has 0 atom stereocenters. The zero-order valence-corrected chi connectivity index (χ0v) is 10.8. The van der Waals surface area contributed by atoms with Crippen molar-refractivity contribution in [1.82, 2.24) is 4.98 Å². The Morgan fingerprint density at radius 1 is 1.05 bits per heavy atom. The van der Waals surface area contributed by atoms with E-state index in [4.69, 9.17) is 15.2 Å². The summed E-state index contributed by atoms with van der Waals surface area (Å²) < 4.78 is 11.7. The fourth-order valence-electron chi connectivity index (χ4n) is 2.49. The molecular weight excluding hydrogens is 254 g/mol. The summed E-state index contributed by atoms with van der Waals surface area (Å²) in [5.74, 6) is 2.00. The van der Waals surface area contributed by atoms with Crippen molar-refractivity contribution in [3.05, 3.63) is 52.8 Å². The van der Waals surface area contributed by atoms with Gasteiger partial charge in [0.25, 0.3) is 0 Å². The van der Waals surface area contributed by atoms with Crippen LogP contribution in [0.3, 0.4) is 0 Å². The molecule has 1 aromatic carbocycles. The van der Waals surface area contributed by atoms with Crippen LogP contribution in [0.25, 0.3) is 0 Å². The second-order valence-corrected chi connectivity index (χ2v) is 4.84. The van der Waals surface area contributed by atoms with Crippen molar-refractivity contribution in [2.75, 3.05) is 0 Å². The quantitative estimate of drug-likeness (QED) is 0.789. The van der Waals surface area contributed by atoms with E-state index in [0.717, 1.165) is 28.1 Å². The number of benzene rings is 1. The molecule has 0 spiro atoms. The van der Waals surface area contributed by atoms with Gasteiger partial charge >= 0.3 is 0 Å². The zero-order chi connectivity index (χ0) is 13.5. The first-order chi connectivity index (χ1) is 9.81. The van der Waals surface area contributed by atoms with Gasteiger partial charge in [0.2, 0.25) is 0 Å². The SMILES string of the molecule is NC1=NCc2cc3c(cc21)OCc1cccnc1CO3. The Balaban J connectivity index is 1.74. The van der Waals surface area contributed by atoms with Crippen molar-refractivity contribution in [3.63, 3.8) is 0 Å². The maximum Gasteiger partial charge on any atom is 0.162 e. The fourth-order valence-corrected chi connectivity index (χ4v) is 2.49. The smallest absolute Gasteiger partial charge is 0.162 e. The zero-order valence-electron chi connectivity index (χ0n) is 10.8. The van der Waals surface area contributed by atoms with Crippen LogP contribution in [0.5, 0.6) is 11.5 Å². The van der Waals surface area contributed by atoms with Crippen LogP contribution >= 0.6 is 0 Å². The molecule has 20 heavy (non-hydrogen) atoms. The average Bonchev–Trinajstić information content (AvgIpc) is 2.81. The third-order valence-corrected chi connectivity index (χ3v) is 3.60. The highest BCUT2D eigenvalue weighted by Gasteiger charge is 2.20. The van der Waals surface area contributed by atoms with Gasteiger partial charge in [-0.1, -0.05) is 6.07 Å². The predicted molar refractivity (Wildman–Crippen MR) is 73.8 cm³/mol. The summed E-state index contributed by atoms with van der Waals surface area (Å²) in [5, 5.41) is 0. The highest BCUT2D eigenvalue weighted by Crippen LogP contribution is 2.35. The number of hydrogen-bond acceptors (Lipinski definition) is 5. The van der Waals surface area contributed by atoms with E-state index >= 15 is 0 Å². The molecule has 4 rings (SSSR count). The largest absolute Gasteiger partial charge is 0.485 e. The molecule has 5 nitrogen and oxygen atoms in total. The Labute approximate surface area is 116 Å². The van der Waals surface area contributed by atoms with Gasteiger partial charge in [-0.2, -0.15) is 0 Å². The summed E-state index contributed by atoms with van der Waals surface area (Å²) >= 11 is 0. The number of aromatic nitrogens is 1. The van der Waals surface area contributed by atoms with Gasteiger partial charge in [0.05, 0.1) is 12.2 Å². The van der Waals surface area contributed by atoms with Crippen LogP contribution < -0.4 is 15.2 Å². The number of rotatable bonds is 0. The lowest BCUT2D eigenvalue weighted by Gasteiger charge is -2.19. The van der Waals surface area contributed by atoms with Gasteiger partial charge in [-0.3, -0.25) is 9.98 Å². The number of pyridine rings is 1. The monoisotopic (exact) mass is 267 g/mol. The van der Waals surface area contributed by atoms with Gasteiger partial charge in [-0.15, -0.1) is 0 Å². The molecule has 0 radical (unpaired) electrons. The number of fused-ring (bicyclic) bond motifs is 3. The maximum absolute atomic E-state index is 5.87. The number of aliphatic imine (C=N–C) groups is 1. The molecule has 0 saturated carbocycles. The Morgan fingerprint density at radius 2 is 1.90 bits per heavy atom. The van der Waals surface area contributed by atoms with Gasteiger partial charge in [-0.05, 0) is 23.8 Å². The first-order valence-electron chi connectivity index (χ1n) is 6.47. The maximum atomic E-state index is 5.87.